The lowest BCUT2D eigenvalue weighted by atomic mass is 9.74. The number of halogens is 1. The molecule has 1 aromatic heterocycles. The maximum atomic E-state index is 12.9. The fraction of sp³-hybridized carbons (Fsp3) is 0.259. The van der Waals surface area contributed by atoms with Crippen LogP contribution in [0.5, 0.6) is 0 Å². The van der Waals surface area contributed by atoms with Crippen LogP contribution in [0.1, 0.15) is 30.2 Å². The maximum absolute atomic E-state index is 12.9. The average Bonchev–Trinajstić information content (AvgIpc) is 3.24. The molecule has 1 aliphatic heterocycles. The van der Waals surface area contributed by atoms with Crippen LogP contribution in [-0.2, 0) is 19.1 Å². The molecule has 2 aromatic carbocycles. The van der Waals surface area contributed by atoms with Gasteiger partial charge < -0.3 is 9.47 Å². The van der Waals surface area contributed by atoms with E-state index in [9.17, 15) is 9.59 Å². The first-order chi connectivity index (χ1) is 16.8. The van der Waals surface area contributed by atoms with Crippen LogP contribution in [0.3, 0.4) is 0 Å². The second kappa shape index (κ2) is 10.1. The van der Waals surface area contributed by atoms with E-state index < -0.39 is 23.8 Å². The molecule has 2 atom stereocenters. The Morgan fingerprint density at radius 1 is 0.971 bits per heavy atom. The number of aromatic nitrogens is 1. The van der Waals surface area contributed by atoms with Crippen molar-refractivity contribution in [3.8, 4) is 21.8 Å². The lowest BCUT2D eigenvalue weighted by Crippen LogP contribution is -2.36. The van der Waals surface area contributed by atoms with Crippen molar-refractivity contribution in [3.05, 3.63) is 75.3 Å². The summed E-state index contributed by atoms with van der Waals surface area (Å²) in [4.78, 5) is 36.4. The minimum absolute atomic E-state index is 0.340. The van der Waals surface area contributed by atoms with Gasteiger partial charge in [0, 0.05) is 38.4 Å². The largest absolute Gasteiger partial charge is 0.468 e. The molecule has 0 N–H and O–H groups in total. The Bertz CT molecular complexity index is 1360. The molecule has 0 amide bonds. The Labute approximate surface area is 213 Å². The van der Waals surface area contributed by atoms with Gasteiger partial charge in [-0.1, -0.05) is 48.0 Å². The van der Waals surface area contributed by atoms with Crippen molar-refractivity contribution in [3.63, 3.8) is 0 Å². The summed E-state index contributed by atoms with van der Waals surface area (Å²) in [5.74, 6) is -2.38. The summed E-state index contributed by atoms with van der Waals surface area (Å²) in [7, 11) is 2.66. The number of benzene rings is 2. The number of aryl methyl sites for hydroxylation is 1. The Kier molecular flexibility index (Phi) is 7.19. The molecule has 0 spiro atoms. The van der Waals surface area contributed by atoms with Crippen LogP contribution in [-0.4, -0.2) is 36.9 Å². The molecule has 0 saturated heterocycles. The molecule has 0 radical (unpaired) electrons. The van der Waals surface area contributed by atoms with Crippen LogP contribution in [0.4, 0.5) is 0 Å². The first kappa shape index (κ1) is 24.8. The molecule has 6 nitrogen and oxygen atoms in total. The highest BCUT2D eigenvalue weighted by Gasteiger charge is 2.43. The molecule has 1 aliphatic rings. The number of hydrogen-bond donors (Lipinski definition) is 0. The molecule has 2 unspecified atom stereocenters. The second-order valence-corrected chi connectivity index (χ2v) is 9.88. The third-order valence-corrected chi connectivity index (χ3v) is 7.39. The molecule has 180 valence electrons. The van der Waals surface area contributed by atoms with Crippen molar-refractivity contribution in [1.82, 2.24) is 4.98 Å². The van der Waals surface area contributed by atoms with Crippen molar-refractivity contribution in [1.29, 1.82) is 0 Å². The van der Waals surface area contributed by atoms with Crippen molar-refractivity contribution < 1.29 is 19.1 Å². The molecule has 0 saturated carbocycles. The summed E-state index contributed by atoms with van der Waals surface area (Å²) in [6.07, 6.45) is 0. The molecular weight excluding hydrogens is 484 g/mol. The summed E-state index contributed by atoms with van der Waals surface area (Å²) >= 11 is 7.62. The summed E-state index contributed by atoms with van der Waals surface area (Å²) in [5.41, 5.74) is 4.89. The fourth-order valence-electron chi connectivity index (χ4n) is 4.53. The van der Waals surface area contributed by atoms with E-state index in [-0.39, 0.29) is 0 Å². The summed E-state index contributed by atoms with van der Waals surface area (Å²) in [6, 6.07) is 15.2. The van der Waals surface area contributed by atoms with Gasteiger partial charge in [0.05, 0.1) is 25.5 Å². The number of ether oxygens (including phenoxy) is 2. The van der Waals surface area contributed by atoms with Gasteiger partial charge in [-0.15, -0.1) is 11.3 Å². The van der Waals surface area contributed by atoms with Gasteiger partial charge in [-0.2, -0.15) is 0 Å². The normalized spacial score (nSPS) is 17.7. The van der Waals surface area contributed by atoms with E-state index in [1.165, 1.54) is 14.2 Å². The number of aliphatic imine (C=N–C) groups is 1. The third-order valence-electron chi connectivity index (χ3n) is 6.13. The van der Waals surface area contributed by atoms with Crippen LogP contribution in [0.15, 0.2) is 64.8 Å². The van der Waals surface area contributed by atoms with Gasteiger partial charge in [-0.25, -0.2) is 9.78 Å². The van der Waals surface area contributed by atoms with E-state index in [4.69, 9.17) is 26.1 Å². The molecule has 0 aliphatic carbocycles. The van der Waals surface area contributed by atoms with E-state index in [1.54, 1.807) is 25.2 Å². The number of esters is 2. The molecular formula is C27H25ClN2O4S. The van der Waals surface area contributed by atoms with Gasteiger partial charge in [-0.05, 0) is 38.5 Å². The first-order valence-corrected chi connectivity index (χ1v) is 12.2. The maximum Gasteiger partial charge on any atom is 0.336 e. The van der Waals surface area contributed by atoms with E-state index in [2.05, 4.69) is 4.99 Å². The standard InChI is InChI=1S/C27H25ClN2O4S/c1-14-21(26(31)33-4)23(22(15(2)29-14)27(32)34-5)19-8-6-7-9-20(19)25-30-24(16(3)35-25)17-10-12-18(28)13-11-17/h6-13,21,23H,1-5H3. The second-order valence-electron chi connectivity index (χ2n) is 8.24. The number of carbonyl (C=O) groups excluding carboxylic acids is 2. The van der Waals surface area contributed by atoms with Crippen LogP contribution >= 0.6 is 22.9 Å². The Hall–Kier alpha value is -3.29. The van der Waals surface area contributed by atoms with Gasteiger partial charge >= 0.3 is 11.9 Å². The van der Waals surface area contributed by atoms with E-state index in [0.717, 1.165) is 32.3 Å². The van der Waals surface area contributed by atoms with Crippen molar-refractivity contribution in [2.45, 2.75) is 26.7 Å². The predicted octanol–water partition coefficient (Wildman–Crippen LogP) is 6.23. The topological polar surface area (TPSA) is 77.8 Å². The average molecular weight is 509 g/mol. The van der Waals surface area contributed by atoms with Crippen LogP contribution < -0.4 is 0 Å². The van der Waals surface area contributed by atoms with E-state index in [1.807, 2.05) is 55.5 Å². The number of hydrogen-bond acceptors (Lipinski definition) is 7. The highest BCUT2D eigenvalue weighted by Crippen LogP contribution is 2.45. The molecule has 35 heavy (non-hydrogen) atoms. The number of rotatable bonds is 5. The SMILES string of the molecule is COC(=O)C1=C(C)N=C(C)C(C(=O)OC)C1c1ccccc1-c1nc(-c2ccc(Cl)cc2)c(C)s1. The number of nitrogens with zero attached hydrogens (tertiary/aromatic N) is 2. The quantitative estimate of drug-likeness (QED) is 0.381. The highest BCUT2D eigenvalue weighted by molar-refractivity contribution is 7.15. The van der Waals surface area contributed by atoms with Crippen LogP contribution in [0.2, 0.25) is 5.02 Å². The molecule has 3 aromatic rings. The van der Waals surface area contributed by atoms with Gasteiger partial charge in [0.25, 0.3) is 0 Å². The van der Waals surface area contributed by atoms with Crippen LogP contribution in [0.25, 0.3) is 21.8 Å². The molecule has 0 fully saturated rings. The van der Waals surface area contributed by atoms with Crippen molar-refractivity contribution in [2.24, 2.45) is 10.9 Å². The lowest BCUT2D eigenvalue weighted by Gasteiger charge is -2.32. The Morgan fingerprint density at radius 3 is 2.31 bits per heavy atom. The number of carbonyl (C=O) groups is 2. The number of allylic oxidation sites excluding steroid dienone is 1. The third kappa shape index (κ3) is 4.66. The number of methoxy groups -OCH3 is 2. The van der Waals surface area contributed by atoms with Crippen molar-refractivity contribution >= 4 is 40.6 Å². The fourth-order valence-corrected chi connectivity index (χ4v) is 5.64. The Morgan fingerprint density at radius 2 is 1.66 bits per heavy atom. The highest BCUT2D eigenvalue weighted by atomic mass is 35.5. The van der Waals surface area contributed by atoms with Gasteiger partial charge in [0.2, 0.25) is 0 Å². The zero-order valence-electron chi connectivity index (χ0n) is 20.1. The molecule has 8 heteroatoms. The minimum atomic E-state index is -0.768. The van der Waals surface area contributed by atoms with Gasteiger partial charge in [0.1, 0.15) is 10.9 Å². The van der Waals surface area contributed by atoms with Crippen molar-refractivity contribution in [2.75, 3.05) is 14.2 Å². The van der Waals surface area contributed by atoms with Gasteiger partial charge in [-0.3, -0.25) is 9.79 Å². The molecule has 0 bridgehead atoms. The number of thiazole rings is 1. The summed E-state index contributed by atoms with van der Waals surface area (Å²) < 4.78 is 10.2. The molecule has 2 heterocycles. The van der Waals surface area contributed by atoms with Gasteiger partial charge in [0.15, 0.2) is 0 Å². The summed E-state index contributed by atoms with van der Waals surface area (Å²) in [6.45, 7) is 5.55. The van der Waals surface area contributed by atoms with Crippen LogP contribution in [0, 0.1) is 12.8 Å². The zero-order chi connectivity index (χ0) is 25.3. The monoisotopic (exact) mass is 508 g/mol. The minimum Gasteiger partial charge on any atom is -0.468 e. The lowest BCUT2D eigenvalue weighted by molar-refractivity contribution is -0.143. The predicted molar refractivity (Wildman–Crippen MR) is 139 cm³/mol. The summed E-state index contributed by atoms with van der Waals surface area (Å²) in [5, 5.41) is 1.45. The van der Waals surface area contributed by atoms with E-state index in [0.29, 0.717) is 22.0 Å². The zero-order valence-corrected chi connectivity index (χ0v) is 21.7. The van der Waals surface area contributed by atoms with E-state index >= 15 is 0 Å². The first-order valence-electron chi connectivity index (χ1n) is 11.0. The Balaban J connectivity index is 1.91. The smallest absolute Gasteiger partial charge is 0.336 e. The molecule has 4 rings (SSSR count).